The molecular weight excluding hydrogens is 567 g/mol. The molecule has 0 radical (unpaired) electrons. The topological polar surface area (TPSA) is 90.1 Å². The highest BCUT2D eigenvalue weighted by Gasteiger charge is 2.62. The zero-order valence-electron chi connectivity index (χ0n) is 24.9. The van der Waals surface area contributed by atoms with Crippen LogP contribution in [0.4, 0.5) is 19.0 Å². The number of aromatic nitrogens is 5. The van der Waals surface area contributed by atoms with E-state index in [0.717, 1.165) is 30.0 Å². The fourth-order valence-corrected chi connectivity index (χ4v) is 6.46. The molecule has 1 amide bonds. The second kappa shape index (κ2) is 10.8. The first-order chi connectivity index (χ1) is 19.7. The van der Waals surface area contributed by atoms with E-state index >= 15 is 0 Å². The predicted molar refractivity (Wildman–Crippen MR) is 155 cm³/mol. The van der Waals surface area contributed by atoms with Crippen molar-refractivity contribution in [2.75, 3.05) is 18.1 Å². The van der Waals surface area contributed by atoms with E-state index in [4.69, 9.17) is 9.72 Å². The van der Waals surface area contributed by atoms with Gasteiger partial charge in [0.15, 0.2) is 5.82 Å². The number of pyridine rings is 1. The second-order valence-electron chi connectivity index (χ2n) is 12.5. The number of nitrogens with one attached hydrogen (secondary N) is 1. The summed E-state index contributed by atoms with van der Waals surface area (Å²) in [5, 5.41) is 8.65. The Morgan fingerprint density at radius 3 is 2.52 bits per heavy atom. The number of rotatable bonds is 10. The third-order valence-electron chi connectivity index (χ3n) is 8.87. The minimum atomic E-state index is -4.21. The first-order valence-corrected chi connectivity index (χ1v) is 15.0. The van der Waals surface area contributed by atoms with E-state index in [1.54, 1.807) is 35.3 Å². The molecule has 0 spiro atoms. The minimum Gasteiger partial charge on any atom is -0.477 e. The molecule has 1 N–H and O–H groups in total. The molecule has 9 nitrogen and oxygen atoms in total. The molecule has 42 heavy (non-hydrogen) atoms. The summed E-state index contributed by atoms with van der Waals surface area (Å²) >= 11 is 1.21. The van der Waals surface area contributed by atoms with Gasteiger partial charge in [0.05, 0.1) is 34.4 Å². The molecule has 3 aromatic heterocycles. The first-order valence-electron chi connectivity index (χ1n) is 14.2. The second-order valence-corrected chi connectivity index (χ2v) is 13.4. The lowest BCUT2D eigenvalue weighted by Gasteiger charge is -2.33. The van der Waals surface area contributed by atoms with Crippen LogP contribution in [0, 0.1) is 17.8 Å². The highest BCUT2D eigenvalue weighted by atomic mass is 32.2. The van der Waals surface area contributed by atoms with Gasteiger partial charge >= 0.3 is 6.18 Å². The van der Waals surface area contributed by atoms with Gasteiger partial charge in [-0.3, -0.25) is 14.2 Å². The number of carbonyl (C=O) groups is 1. The van der Waals surface area contributed by atoms with Crippen molar-refractivity contribution < 1.29 is 22.7 Å². The number of hydrogen-bond acceptors (Lipinski definition) is 7. The van der Waals surface area contributed by atoms with E-state index in [-0.39, 0.29) is 48.6 Å². The quantitative estimate of drug-likeness (QED) is 0.273. The lowest BCUT2D eigenvalue weighted by molar-refractivity contribution is -0.190. The average molecular weight is 606 g/mol. The van der Waals surface area contributed by atoms with Crippen molar-refractivity contribution in [3.05, 3.63) is 41.9 Å². The van der Waals surface area contributed by atoms with Crippen LogP contribution < -0.4 is 14.4 Å². The molecule has 1 atom stereocenters. The highest BCUT2D eigenvalue weighted by Crippen LogP contribution is 2.59. The number of carbonyl (C=O) groups excluding carboxylic acids is 1. The molecule has 3 aromatic rings. The van der Waals surface area contributed by atoms with Crippen LogP contribution in [0.2, 0.25) is 0 Å². The lowest BCUT2D eigenvalue weighted by atomic mass is 9.82. The molecule has 13 heteroatoms. The number of hydrogen-bond donors (Lipinski definition) is 1. The van der Waals surface area contributed by atoms with E-state index in [9.17, 15) is 18.0 Å². The molecule has 2 fully saturated rings. The third kappa shape index (κ3) is 5.84. The molecule has 1 aliphatic heterocycles. The van der Waals surface area contributed by atoms with Gasteiger partial charge in [-0.25, -0.2) is 9.67 Å². The van der Waals surface area contributed by atoms with Gasteiger partial charge in [0, 0.05) is 31.4 Å². The highest BCUT2D eigenvalue weighted by molar-refractivity contribution is 7.98. The fourth-order valence-electron chi connectivity index (χ4n) is 5.76. The summed E-state index contributed by atoms with van der Waals surface area (Å²) in [6.07, 6.45) is 1.28. The maximum absolute atomic E-state index is 13.5. The van der Waals surface area contributed by atoms with Crippen molar-refractivity contribution in [2.24, 2.45) is 17.9 Å². The van der Waals surface area contributed by atoms with Gasteiger partial charge in [0.2, 0.25) is 5.88 Å². The number of alkyl halides is 3. The summed E-state index contributed by atoms with van der Waals surface area (Å²) in [6, 6.07) is 5.06. The van der Waals surface area contributed by atoms with E-state index in [2.05, 4.69) is 47.5 Å². The summed E-state index contributed by atoms with van der Waals surface area (Å²) in [7, 11) is 1.85. The van der Waals surface area contributed by atoms with E-state index in [0.29, 0.717) is 17.2 Å². The van der Waals surface area contributed by atoms with Crippen LogP contribution in [-0.2, 0) is 7.05 Å². The van der Waals surface area contributed by atoms with Crippen LogP contribution >= 0.6 is 11.9 Å². The molecule has 0 aromatic carbocycles. The summed E-state index contributed by atoms with van der Waals surface area (Å²) < 4.78 is 51.6. The Morgan fingerprint density at radius 2 is 1.93 bits per heavy atom. The minimum absolute atomic E-state index is 0.0541. The number of halogens is 3. The molecule has 0 bridgehead atoms. The molecule has 2 aliphatic rings. The van der Waals surface area contributed by atoms with Crippen LogP contribution in [0.3, 0.4) is 0 Å². The number of aryl methyl sites for hydroxylation is 1. The van der Waals surface area contributed by atoms with E-state index in [1.165, 1.54) is 16.6 Å². The maximum Gasteiger partial charge on any atom is 0.394 e. The average Bonchev–Trinajstić information content (AvgIpc) is 3.37. The van der Waals surface area contributed by atoms with Crippen molar-refractivity contribution in [3.63, 3.8) is 0 Å². The molecule has 1 saturated heterocycles. The summed E-state index contributed by atoms with van der Waals surface area (Å²) in [4.78, 5) is 21.5. The van der Waals surface area contributed by atoms with E-state index < -0.39 is 11.6 Å². The summed E-state index contributed by atoms with van der Waals surface area (Å²) in [5.41, 5.74) is -0.443. The van der Waals surface area contributed by atoms with Crippen molar-refractivity contribution >= 4 is 23.7 Å². The normalized spacial score (nSPS) is 21.0. The maximum atomic E-state index is 13.5. The Kier molecular flexibility index (Phi) is 7.78. The molecule has 1 aliphatic carbocycles. The van der Waals surface area contributed by atoms with Gasteiger partial charge in [0.25, 0.3) is 5.91 Å². The Bertz CT molecular complexity index is 1460. The number of nitrogens with zero attached hydrogens (tertiary/aromatic N) is 6. The van der Waals surface area contributed by atoms with E-state index in [1.807, 2.05) is 14.0 Å². The first kappa shape index (κ1) is 30.2. The summed E-state index contributed by atoms with van der Waals surface area (Å²) in [5.74, 6) is 0.972. The van der Waals surface area contributed by atoms with Crippen LogP contribution in [0.25, 0.3) is 5.82 Å². The third-order valence-corrected chi connectivity index (χ3v) is 9.78. The van der Waals surface area contributed by atoms with Gasteiger partial charge < -0.3 is 9.64 Å². The Labute approximate surface area is 248 Å². The van der Waals surface area contributed by atoms with Gasteiger partial charge in [-0.05, 0) is 82.4 Å². The van der Waals surface area contributed by atoms with Crippen LogP contribution in [0.15, 0.2) is 35.5 Å². The van der Waals surface area contributed by atoms with Gasteiger partial charge in [0.1, 0.15) is 5.82 Å². The van der Waals surface area contributed by atoms with Gasteiger partial charge in [-0.15, -0.1) is 5.10 Å². The Hall–Kier alpha value is -3.22. The largest absolute Gasteiger partial charge is 0.477 e. The number of amides is 1. The van der Waals surface area contributed by atoms with Crippen LogP contribution in [0.1, 0.15) is 75.9 Å². The standard InChI is InChI=1S/C29H38F3N7O2S/c1-7-27(5)17-26(3,4)38(18-27)24-20(25(40)36-42-21-16-33-37(6)19(21)2)8-9-22(34-24)39-14-10-23(35-39)41-15-13-28(11-12-28)29(30,31)32/h8-10,14,16H,7,11-13,15,17-18H2,1-6H3,(H,36,40)/t27-/m0/s1. The Morgan fingerprint density at radius 1 is 1.19 bits per heavy atom. The zero-order chi connectivity index (χ0) is 30.5. The van der Waals surface area contributed by atoms with Gasteiger partial charge in [-0.1, -0.05) is 13.8 Å². The summed E-state index contributed by atoms with van der Waals surface area (Å²) in [6.45, 7) is 11.3. The fraction of sp³-hybridized carbons (Fsp3) is 0.586. The molecule has 4 heterocycles. The Balaban J connectivity index is 1.39. The van der Waals surface area contributed by atoms with Crippen molar-refractivity contribution in [2.45, 2.75) is 83.3 Å². The zero-order valence-corrected chi connectivity index (χ0v) is 25.7. The molecule has 228 valence electrons. The lowest BCUT2D eigenvalue weighted by Crippen LogP contribution is -2.40. The van der Waals surface area contributed by atoms with Crippen molar-refractivity contribution in [1.82, 2.24) is 29.3 Å². The molecule has 5 rings (SSSR count). The molecular formula is C29H38F3N7O2S. The van der Waals surface area contributed by atoms with Crippen LogP contribution in [-0.4, -0.2) is 55.3 Å². The van der Waals surface area contributed by atoms with Crippen molar-refractivity contribution in [1.29, 1.82) is 0 Å². The smallest absolute Gasteiger partial charge is 0.394 e. The predicted octanol–water partition coefficient (Wildman–Crippen LogP) is 6.26. The number of ether oxygens (including phenoxy) is 1. The van der Waals surface area contributed by atoms with Crippen molar-refractivity contribution in [3.8, 4) is 11.7 Å². The molecule has 0 unspecified atom stereocenters. The van der Waals surface area contributed by atoms with Crippen LogP contribution in [0.5, 0.6) is 5.88 Å². The van der Waals surface area contributed by atoms with Gasteiger partial charge in [-0.2, -0.15) is 18.3 Å². The number of anilines is 1. The monoisotopic (exact) mass is 605 g/mol. The molecule has 1 saturated carbocycles. The SMILES string of the molecule is CC[C@]1(C)CN(c2nc(-n3ccc(OCCC4(C(F)(F)F)CC4)n3)ccc2C(=O)NSc2cnn(C)c2C)C(C)(C)C1.